The third-order valence-corrected chi connectivity index (χ3v) is 4.03. The highest BCUT2D eigenvalue weighted by Crippen LogP contribution is 2.51. The smallest absolute Gasteiger partial charge is 0.258 e. The third-order valence-electron chi connectivity index (χ3n) is 4.03. The average molecular weight is 341 g/mol. The Labute approximate surface area is 140 Å². The Morgan fingerprint density at radius 3 is 1.88 bits per heavy atom. The first kappa shape index (κ1) is 16.2. The van der Waals surface area contributed by atoms with Crippen molar-refractivity contribution in [1.82, 2.24) is 0 Å². The first-order valence-corrected chi connectivity index (χ1v) is 7.16. The Hall–Kier alpha value is -3.62. The lowest BCUT2D eigenvalue weighted by Gasteiger charge is -2.05. The van der Waals surface area contributed by atoms with Crippen LogP contribution in [0.4, 0.5) is 17.1 Å². The molecule has 2 aromatic carbocycles. The fraction of sp³-hybridized carbons (Fsp3) is 0.125. The normalized spacial score (nSPS) is 11.7. The monoisotopic (exact) mass is 341 g/mol. The second-order valence-corrected chi connectivity index (χ2v) is 5.76. The second kappa shape index (κ2) is 5.48. The molecule has 0 N–H and O–H groups in total. The molecule has 0 saturated carbocycles. The minimum Gasteiger partial charge on any atom is -0.258 e. The van der Waals surface area contributed by atoms with Crippen molar-refractivity contribution in [2.24, 2.45) is 0 Å². The number of nitro groups is 3. The molecular formula is C16H11N3O6. The minimum atomic E-state index is -0.693. The van der Waals surface area contributed by atoms with Crippen LogP contribution in [-0.2, 0) is 0 Å². The molecule has 126 valence electrons. The van der Waals surface area contributed by atoms with Gasteiger partial charge in [-0.2, -0.15) is 0 Å². The second-order valence-electron chi connectivity index (χ2n) is 5.76. The van der Waals surface area contributed by atoms with Gasteiger partial charge in [-0.05, 0) is 36.6 Å². The lowest BCUT2D eigenvalue weighted by molar-refractivity contribution is -0.393. The first-order valence-electron chi connectivity index (χ1n) is 7.16. The summed E-state index contributed by atoms with van der Waals surface area (Å²) in [5, 5.41) is 33.7. The first-order chi connectivity index (χ1) is 11.7. The van der Waals surface area contributed by atoms with Gasteiger partial charge in [-0.1, -0.05) is 5.57 Å². The van der Waals surface area contributed by atoms with Gasteiger partial charge in [0.15, 0.2) is 0 Å². The number of hydrogen-bond donors (Lipinski definition) is 0. The largest absolute Gasteiger partial charge is 0.284 e. The van der Waals surface area contributed by atoms with Crippen molar-refractivity contribution in [2.45, 2.75) is 13.8 Å². The average Bonchev–Trinajstić information content (AvgIpc) is 2.86. The van der Waals surface area contributed by atoms with Crippen molar-refractivity contribution < 1.29 is 14.8 Å². The van der Waals surface area contributed by atoms with Gasteiger partial charge in [0, 0.05) is 23.8 Å². The van der Waals surface area contributed by atoms with Crippen molar-refractivity contribution in [2.75, 3.05) is 0 Å². The number of allylic oxidation sites excluding steroid dienone is 1. The molecule has 0 aromatic heterocycles. The molecule has 0 aliphatic heterocycles. The summed E-state index contributed by atoms with van der Waals surface area (Å²) in [7, 11) is 0. The van der Waals surface area contributed by atoms with Gasteiger partial charge in [0.2, 0.25) is 0 Å². The molecule has 0 heterocycles. The molecule has 2 aromatic rings. The predicted octanol–water partition coefficient (Wildman–Crippen LogP) is 4.23. The zero-order valence-electron chi connectivity index (χ0n) is 13.2. The van der Waals surface area contributed by atoms with Crippen molar-refractivity contribution in [3.63, 3.8) is 0 Å². The van der Waals surface area contributed by atoms with Crippen LogP contribution < -0.4 is 0 Å². The standard InChI is InChI=1S/C16H11N3O6/c1-8(2)15-12-5-9(17(20)21)3-4-11(12)16-13(15)6-10(18(22)23)7-14(16)19(24)25/h3-7H,1-2H3. The maximum Gasteiger partial charge on any atom is 0.284 e. The van der Waals surface area contributed by atoms with E-state index in [9.17, 15) is 30.3 Å². The molecule has 0 atom stereocenters. The molecule has 0 saturated heterocycles. The summed E-state index contributed by atoms with van der Waals surface area (Å²) in [6.07, 6.45) is 0. The van der Waals surface area contributed by atoms with Crippen LogP contribution in [0.5, 0.6) is 0 Å². The van der Waals surface area contributed by atoms with Crippen LogP contribution >= 0.6 is 0 Å². The molecule has 0 amide bonds. The van der Waals surface area contributed by atoms with E-state index in [4.69, 9.17) is 0 Å². The summed E-state index contributed by atoms with van der Waals surface area (Å²) in [6.45, 7) is 3.50. The van der Waals surface area contributed by atoms with Gasteiger partial charge in [-0.3, -0.25) is 30.3 Å². The molecule has 0 radical (unpaired) electrons. The van der Waals surface area contributed by atoms with E-state index >= 15 is 0 Å². The quantitative estimate of drug-likeness (QED) is 0.517. The zero-order chi connectivity index (χ0) is 18.5. The molecule has 9 heteroatoms. The van der Waals surface area contributed by atoms with E-state index in [0.29, 0.717) is 22.3 Å². The summed E-state index contributed by atoms with van der Waals surface area (Å²) in [5.41, 5.74) is 1.86. The van der Waals surface area contributed by atoms with Crippen molar-refractivity contribution in [1.29, 1.82) is 0 Å². The summed E-state index contributed by atoms with van der Waals surface area (Å²) < 4.78 is 0. The fourth-order valence-electron chi connectivity index (χ4n) is 3.10. The Balaban J connectivity index is 2.45. The van der Waals surface area contributed by atoms with Crippen LogP contribution in [0.25, 0.3) is 16.7 Å². The lowest BCUT2D eigenvalue weighted by Crippen LogP contribution is -1.96. The minimum absolute atomic E-state index is 0.151. The van der Waals surface area contributed by atoms with Crippen molar-refractivity contribution in [3.05, 3.63) is 77.4 Å². The van der Waals surface area contributed by atoms with Gasteiger partial charge < -0.3 is 0 Å². The van der Waals surface area contributed by atoms with Crippen molar-refractivity contribution in [3.8, 4) is 11.1 Å². The van der Waals surface area contributed by atoms with Crippen LogP contribution in [0.15, 0.2) is 35.9 Å². The van der Waals surface area contributed by atoms with Crippen molar-refractivity contribution >= 4 is 22.6 Å². The molecule has 0 unspecified atom stereocenters. The van der Waals surface area contributed by atoms with Gasteiger partial charge in [-0.25, -0.2) is 0 Å². The van der Waals surface area contributed by atoms with Gasteiger partial charge in [0.25, 0.3) is 17.1 Å². The van der Waals surface area contributed by atoms with Gasteiger partial charge in [0.05, 0.1) is 26.4 Å². The number of fused-ring (bicyclic) bond motifs is 3. The van der Waals surface area contributed by atoms with Gasteiger partial charge in [-0.15, -0.1) is 0 Å². The molecule has 3 rings (SSSR count). The molecule has 1 aliphatic rings. The Bertz CT molecular complexity index is 1010. The number of nitrogens with zero attached hydrogens (tertiary/aromatic N) is 3. The highest BCUT2D eigenvalue weighted by molar-refractivity contribution is 6.06. The number of benzene rings is 2. The highest BCUT2D eigenvalue weighted by Gasteiger charge is 2.35. The van der Waals surface area contributed by atoms with E-state index in [-0.39, 0.29) is 11.3 Å². The number of rotatable bonds is 3. The molecular weight excluding hydrogens is 330 g/mol. The van der Waals surface area contributed by atoms with Crippen LogP contribution in [0.1, 0.15) is 25.0 Å². The summed E-state index contributed by atoms with van der Waals surface area (Å²) in [4.78, 5) is 31.7. The lowest BCUT2D eigenvalue weighted by atomic mass is 9.99. The SMILES string of the molecule is CC(C)=C1c2cc([N+](=O)[O-])ccc2-c2c1cc([N+](=O)[O-])cc2[N+](=O)[O-]. The zero-order valence-corrected chi connectivity index (χ0v) is 13.2. The van der Waals surface area contributed by atoms with E-state index in [0.717, 1.165) is 11.6 Å². The molecule has 25 heavy (non-hydrogen) atoms. The van der Waals surface area contributed by atoms with E-state index in [1.54, 1.807) is 13.8 Å². The molecule has 9 nitrogen and oxygen atoms in total. The number of nitro benzene ring substituents is 3. The van der Waals surface area contributed by atoms with E-state index in [1.807, 2.05) is 0 Å². The molecule has 0 fully saturated rings. The van der Waals surface area contributed by atoms with E-state index < -0.39 is 26.1 Å². The van der Waals surface area contributed by atoms with Crippen LogP contribution in [0.3, 0.4) is 0 Å². The van der Waals surface area contributed by atoms with E-state index in [1.165, 1.54) is 24.3 Å². The summed E-state index contributed by atoms with van der Waals surface area (Å²) >= 11 is 0. The highest BCUT2D eigenvalue weighted by atomic mass is 16.6. The van der Waals surface area contributed by atoms with Crippen LogP contribution in [0, 0.1) is 30.3 Å². The maximum atomic E-state index is 11.5. The topological polar surface area (TPSA) is 129 Å². The van der Waals surface area contributed by atoms with Crippen LogP contribution in [0.2, 0.25) is 0 Å². The Morgan fingerprint density at radius 1 is 0.760 bits per heavy atom. The van der Waals surface area contributed by atoms with Crippen LogP contribution in [-0.4, -0.2) is 14.8 Å². The number of hydrogen-bond acceptors (Lipinski definition) is 6. The summed E-state index contributed by atoms with van der Waals surface area (Å²) in [6, 6.07) is 6.24. The Morgan fingerprint density at radius 2 is 1.36 bits per heavy atom. The van der Waals surface area contributed by atoms with Gasteiger partial charge in [0.1, 0.15) is 0 Å². The van der Waals surface area contributed by atoms with E-state index in [2.05, 4.69) is 0 Å². The predicted molar refractivity (Wildman–Crippen MR) is 89.2 cm³/mol. The third kappa shape index (κ3) is 2.42. The summed E-state index contributed by atoms with van der Waals surface area (Å²) in [5.74, 6) is 0. The molecule has 1 aliphatic carbocycles. The molecule has 0 bridgehead atoms. The maximum absolute atomic E-state index is 11.5. The number of non-ortho nitro benzene ring substituents is 2. The molecule has 0 spiro atoms. The fourth-order valence-corrected chi connectivity index (χ4v) is 3.10. The Kier molecular flexibility index (Phi) is 3.56. The van der Waals surface area contributed by atoms with Gasteiger partial charge >= 0.3 is 0 Å².